The second-order valence-electron chi connectivity index (χ2n) is 4.32. The number of rotatable bonds is 2. The van der Waals surface area contributed by atoms with E-state index in [0.29, 0.717) is 26.2 Å². The van der Waals surface area contributed by atoms with Gasteiger partial charge >= 0.3 is 6.18 Å². The van der Waals surface area contributed by atoms with Crippen molar-refractivity contribution in [1.29, 1.82) is 0 Å². The Balaban J connectivity index is 1.93. The lowest BCUT2D eigenvalue weighted by Crippen LogP contribution is -2.53. The van der Waals surface area contributed by atoms with E-state index >= 15 is 0 Å². The van der Waals surface area contributed by atoms with Crippen LogP contribution >= 0.6 is 0 Å². The summed E-state index contributed by atoms with van der Waals surface area (Å²) in [5, 5.41) is 7.72. The van der Waals surface area contributed by atoms with Crippen molar-refractivity contribution in [1.82, 2.24) is 15.1 Å². The summed E-state index contributed by atoms with van der Waals surface area (Å²) in [7, 11) is 0. The molecule has 1 saturated heterocycles. The number of alkyl halides is 3. The van der Waals surface area contributed by atoms with Crippen molar-refractivity contribution in [2.24, 2.45) is 0 Å². The van der Waals surface area contributed by atoms with Gasteiger partial charge in [0.25, 0.3) is 0 Å². The van der Waals surface area contributed by atoms with Gasteiger partial charge in [-0.2, -0.15) is 18.3 Å². The molecule has 2 rings (SSSR count). The normalized spacial score (nSPS) is 19.9. The summed E-state index contributed by atoms with van der Waals surface area (Å²) >= 11 is 0. The molecule has 0 radical (unpaired) electrons. The highest BCUT2D eigenvalue weighted by Gasteiger charge is 2.40. The highest BCUT2D eigenvalue weighted by Crippen LogP contribution is 2.25. The fourth-order valence-electron chi connectivity index (χ4n) is 2.01. The Morgan fingerprint density at radius 2 is 1.89 bits per heavy atom. The molecule has 0 N–H and O–H groups in total. The number of nitrogens with zero attached hydrogens (tertiary/aromatic N) is 4. The average molecular weight is 260 g/mol. The lowest BCUT2D eigenvalue weighted by molar-refractivity contribution is -0.179. The van der Waals surface area contributed by atoms with Crippen LogP contribution in [-0.4, -0.2) is 53.5 Å². The van der Waals surface area contributed by atoms with E-state index < -0.39 is 12.2 Å². The Morgan fingerprint density at radius 1 is 1.22 bits per heavy atom. The van der Waals surface area contributed by atoms with Crippen LogP contribution in [0.25, 0.3) is 0 Å². The quantitative estimate of drug-likeness (QED) is 0.807. The zero-order chi connectivity index (χ0) is 13.2. The van der Waals surface area contributed by atoms with Gasteiger partial charge in [-0.25, -0.2) is 0 Å². The molecule has 0 aliphatic carbocycles. The lowest BCUT2D eigenvalue weighted by atomic mass is 10.2. The third-order valence-electron chi connectivity index (χ3n) is 3.22. The van der Waals surface area contributed by atoms with Gasteiger partial charge in [-0.15, -0.1) is 5.10 Å². The zero-order valence-corrected chi connectivity index (χ0v) is 10.1. The van der Waals surface area contributed by atoms with Gasteiger partial charge in [-0.05, 0) is 19.1 Å². The van der Waals surface area contributed by atoms with Gasteiger partial charge in [0.1, 0.15) is 6.04 Å². The fraction of sp³-hybridized carbons (Fsp3) is 0.636. The minimum Gasteiger partial charge on any atom is -0.353 e. The van der Waals surface area contributed by atoms with E-state index in [-0.39, 0.29) is 0 Å². The number of piperazine rings is 1. The molecule has 1 atom stereocenters. The molecular weight excluding hydrogens is 245 g/mol. The second kappa shape index (κ2) is 5.09. The van der Waals surface area contributed by atoms with Gasteiger partial charge < -0.3 is 4.90 Å². The van der Waals surface area contributed by atoms with E-state index in [1.54, 1.807) is 12.3 Å². The van der Waals surface area contributed by atoms with Crippen molar-refractivity contribution in [3.8, 4) is 0 Å². The van der Waals surface area contributed by atoms with Gasteiger partial charge in [-0.3, -0.25) is 4.90 Å². The van der Waals surface area contributed by atoms with Gasteiger partial charge in [0.05, 0.1) is 0 Å². The Labute approximate surface area is 103 Å². The summed E-state index contributed by atoms with van der Waals surface area (Å²) in [4.78, 5) is 3.40. The van der Waals surface area contributed by atoms with E-state index in [1.807, 2.05) is 11.0 Å². The van der Waals surface area contributed by atoms with Crippen LogP contribution in [0.5, 0.6) is 0 Å². The summed E-state index contributed by atoms with van der Waals surface area (Å²) < 4.78 is 37.7. The molecule has 18 heavy (non-hydrogen) atoms. The first kappa shape index (κ1) is 13.1. The van der Waals surface area contributed by atoms with Crippen LogP contribution in [0.1, 0.15) is 6.92 Å². The predicted molar refractivity (Wildman–Crippen MR) is 61.3 cm³/mol. The Hall–Kier alpha value is -1.37. The minimum atomic E-state index is -4.16. The first-order valence-electron chi connectivity index (χ1n) is 5.82. The van der Waals surface area contributed by atoms with Crippen LogP contribution in [0.3, 0.4) is 0 Å². The number of halogens is 3. The molecule has 1 unspecified atom stereocenters. The highest BCUT2D eigenvalue weighted by atomic mass is 19.4. The first-order chi connectivity index (χ1) is 8.48. The summed E-state index contributed by atoms with van der Waals surface area (Å²) in [6, 6.07) is 2.20. The van der Waals surface area contributed by atoms with Crippen molar-refractivity contribution < 1.29 is 13.2 Å². The largest absolute Gasteiger partial charge is 0.403 e. The van der Waals surface area contributed by atoms with Gasteiger partial charge in [0.15, 0.2) is 5.82 Å². The third-order valence-corrected chi connectivity index (χ3v) is 3.22. The van der Waals surface area contributed by atoms with Gasteiger partial charge in [-0.1, -0.05) is 0 Å². The minimum absolute atomic E-state index is 0.386. The summed E-state index contributed by atoms with van der Waals surface area (Å²) in [6.07, 6.45) is -2.58. The topological polar surface area (TPSA) is 32.3 Å². The molecule has 1 aromatic rings. The van der Waals surface area contributed by atoms with E-state index in [9.17, 15) is 13.2 Å². The number of hydrogen-bond acceptors (Lipinski definition) is 4. The highest BCUT2D eigenvalue weighted by molar-refractivity contribution is 5.36. The molecule has 4 nitrogen and oxygen atoms in total. The molecule has 100 valence electrons. The molecule has 1 aliphatic heterocycles. The van der Waals surface area contributed by atoms with Crippen molar-refractivity contribution in [2.75, 3.05) is 31.1 Å². The SMILES string of the molecule is CC(N1CCN(c2cccnn2)CC1)C(F)(F)F. The van der Waals surface area contributed by atoms with Crippen LogP contribution in [0, 0.1) is 0 Å². The molecule has 0 aromatic carbocycles. The Kier molecular flexibility index (Phi) is 3.70. The molecule has 1 aliphatic rings. The standard InChI is InChI=1S/C11H15F3N4/c1-9(11(12,13)14)17-5-7-18(8-6-17)10-3-2-4-15-16-10/h2-4,9H,5-8H2,1H3. The van der Waals surface area contributed by atoms with Crippen molar-refractivity contribution >= 4 is 5.82 Å². The molecular formula is C11H15F3N4. The Bertz CT molecular complexity index is 374. The van der Waals surface area contributed by atoms with Crippen LogP contribution < -0.4 is 4.90 Å². The average Bonchev–Trinajstić information content (AvgIpc) is 2.38. The molecule has 0 saturated carbocycles. The van der Waals surface area contributed by atoms with Crippen LogP contribution in [0.15, 0.2) is 18.3 Å². The summed E-state index contributed by atoms with van der Waals surface area (Å²) in [5.74, 6) is 0.719. The van der Waals surface area contributed by atoms with Crippen LogP contribution in [-0.2, 0) is 0 Å². The second-order valence-corrected chi connectivity index (χ2v) is 4.32. The lowest BCUT2D eigenvalue weighted by Gasteiger charge is -2.38. The Morgan fingerprint density at radius 3 is 2.39 bits per heavy atom. The molecule has 7 heteroatoms. The maximum Gasteiger partial charge on any atom is 0.403 e. The van der Waals surface area contributed by atoms with Crippen LogP contribution in [0.4, 0.5) is 19.0 Å². The molecule has 2 heterocycles. The predicted octanol–water partition coefficient (Wildman–Crippen LogP) is 1.55. The number of aromatic nitrogens is 2. The third kappa shape index (κ3) is 2.90. The molecule has 0 spiro atoms. The van der Waals surface area contributed by atoms with Crippen molar-refractivity contribution in [2.45, 2.75) is 19.1 Å². The van der Waals surface area contributed by atoms with E-state index in [2.05, 4.69) is 10.2 Å². The zero-order valence-electron chi connectivity index (χ0n) is 10.1. The molecule has 1 fully saturated rings. The maximum atomic E-state index is 12.6. The monoisotopic (exact) mass is 260 g/mol. The molecule has 1 aromatic heterocycles. The maximum absolute atomic E-state index is 12.6. The molecule has 0 bridgehead atoms. The van der Waals surface area contributed by atoms with Crippen molar-refractivity contribution in [3.63, 3.8) is 0 Å². The smallest absolute Gasteiger partial charge is 0.353 e. The van der Waals surface area contributed by atoms with Crippen LogP contribution in [0.2, 0.25) is 0 Å². The number of hydrogen-bond donors (Lipinski definition) is 0. The first-order valence-corrected chi connectivity index (χ1v) is 5.82. The van der Waals surface area contributed by atoms with E-state index in [1.165, 1.54) is 11.8 Å². The molecule has 0 amide bonds. The number of anilines is 1. The fourth-order valence-corrected chi connectivity index (χ4v) is 2.01. The van der Waals surface area contributed by atoms with Gasteiger partial charge in [0, 0.05) is 32.4 Å². The van der Waals surface area contributed by atoms with E-state index in [0.717, 1.165) is 5.82 Å². The van der Waals surface area contributed by atoms with Crippen molar-refractivity contribution in [3.05, 3.63) is 18.3 Å². The van der Waals surface area contributed by atoms with Gasteiger partial charge in [0.2, 0.25) is 0 Å². The summed E-state index contributed by atoms with van der Waals surface area (Å²) in [6.45, 7) is 3.06. The van der Waals surface area contributed by atoms with E-state index in [4.69, 9.17) is 0 Å². The summed E-state index contributed by atoms with van der Waals surface area (Å²) in [5.41, 5.74) is 0.